The molecule has 0 unspecified atom stereocenters. The standard InChI is InChI=1S/C11H9FN2S/c1-7-6-10(15)14-11(13-7)8-4-2-3-5-9(8)12/h2-6H,1H3,(H,13,14,15). The molecule has 15 heavy (non-hydrogen) atoms. The van der Waals surface area contributed by atoms with E-state index in [2.05, 4.69) is 9.97 Å². The van der Waals surface area contributed by atoms with Crippen molar-refractivity contribution >= 4 is 12.2 Å². The number of nitrogens with one attached hydrogen (secondary N) is 1. The molecule has 0 aliphatic heterocycles. The first-order chi connectivity index (χ1) is 7.16. The van der Waals surface area contributed by atoms with Crippen molar-refractivity contribution in [2.24, 2.45) is 0 Å². The van der Waals surface area contributed by atoms with Gasteiger partial charge in [0.05, 0.1) is 5.56 Å². The molecule has 1 aromatic heterocycles. The van der Waals surface area contributed by atoms with E-state index >= 15 is 0 Å². The van der Waals surface area contributed by atoms with Gasteiger partial charge in [-0.1, -0.05) is 24.4 Å². The molecule has 1 heterocycles. The third kappa shape index (κ3) is 2.10. The Kier molecular flexibility index (Phi) is 2.60. The minimum atomic E-state index is -0.304. The summed E-state index contributed by atoms with van der Waals surface area (Å²) in [5, 5.41) is 0. The predicted octanol–water partition coefficient (Wildman–Crippen LogP) is 3.25. The Morgan fingerprint density at radius 2 is 2.07 bits per heavy atom. The molecule has 0 amide bonds. The minimum absolute atomic E-state index is 0.304. The van der Waals surface area contributed by atoms with Gasteiger partial charge in [0.25, 0.3) is 0 Å². The molecule has 0 fully saturated rings. The van der Waals surface area contributed by atoms with Gasteiger partial charge >= 0.3 is 0 Å². The molecule has 2 rings (SSSR count). The van der Waals surface area contributed by atoms with Gasteiger partial charge in [-0.15, -0.1) is 0 Å². The third-order valence-corrected chi connectivity index (χ3v) is 2.22. The van der Waals surface area contributed by atoms with Gasteiger partial charge in [0.2, 0.25) is 0 Å². The van der Waals surface area contributed by atoms with Crippen LogP contribution >= 0.6 is 12.2 Å². The number of hydrogen-bond acceptors (Lipinski definition) is 2. The van der Waals surface area contributed by atoms with Crippen LogP contribution in [-0.2, 0) is 0 Å². The molecule has 0 spiro atoms. The monoisotopic (exact) mass is 220 g/mol. The van der Waals surface area contributed by atoms with E-state index in [1.54, 1.807) is 24.3 Å². The van der Waals surface area contributed by atoms with Crippen molar-refractivity contribution in [1.29, 1.82) is 0 Å². The summed E-state index contributed by atoms with van der Waals surface area (Å²) in [6, 6.07) is 8.21. The number of H-pyrrole nitrogens is 1. The first kappa shape index (κ1) is 9.98. The summed E-state index contributed by atoms with van der Waals surface area (Å²) in [4.78, 5) is 7.07. The van der Waals surface area contributed by atoms with E-state index < -0.39 is 0 Å². The number of halogens is 1. The Hall–Kier alpha value is -1.55. The number of aryl methyl sites for hydroxylation is 1. The zero-order valence-corrected chi connectivity index (χ0v) is 8.94. The van der Waals surface area contributed by atoms with Crippen LogP contribution in [0.3, 0.4) is 0 Å². The molecule has 2 aromatic rings. The lowest BCUT2D eigenvalue weighted by Crippen LogP contribution is -1.94. The quantitative estimate of drug-likeness (QED) is 0.747. The molecule has 0 radical (unpaired) electrons. The third-order valence-electron chi connectivity index (χ3n) is 2.01. The van der Waals surface area contributed by atoms with E-state index in [9.17, 15) is 4.39 Å². The highest BCUT2D eigenvalue weighted by Crippen LogP contribution is 2.18. The second-order valence-corrected chi connectivity index (χ2v) is 3.65. The Morgan fingerprint density at radius 3 is 2.73 bits per heavy atom. The molecule has 0 atom stereocenters. The van der Waals surface area contributed by atoms with Gasteiger partial charge in [0, 0.05) is 5.69 Å². The summed E-state index contributed by atoms with van der Waals surface area (Å²) in [6.07, 6.45) is 0. The average Bonchev–Trinajstić information content (AvgIpc) is 2.16. The van der Waals surface area contributed by atoms with Crippen molar-refractivity contribution in [2.45, 2.75) is 6.92 Å². The molecule has 0 saturated heterocycles. The second kappa shape index (κ2) is 3.90. The Balaban J connectivity index is 2.64. The number of rotatable bonds is 1. The van der Waals surface area contributed by atoms with E-state index in [0.717, 1.165) is 5.69 Å². The molecule has 1 N–H and O–H groups in total. The van der Waals surface area contributed by atoms with Crippen LogP contribution in [0.25, 0.3) is 11.4 Å². The van der Waals surface area contributed by atoms with E-state index in [0.29, 0.717) is 16.0 Å². The molecule has 0 bridgehead atoms. The van der Waals surface area contributed by atoms with Gasteiger partial charge in [0.15, 0.2) is 0 Å². The fourth-order valence-corrected chi connectivity index (χ4v) is 1.63. The van der Waals surface area contributed by atoms with Crippen LogP contribution in [0.5, 0.6) is 0 Å². The number of nitrogens with zero attached hydrogens (tertiary/aromatic N) is 1. The molecule has 1 aromatic carbocycles. The van der Waals surface area contributed by atoms with Crippen LogP contribution in [-0.4, -0.2) is 9.97 Å². The average molecular weight is 220 g/mol. The van der Waals surface area contributed by atoms with Gasteiger partial charge in [-0.3, -0.25) is 0 Å². The zero-order valence-electron chi connectivity index (χ0n) is 8.12. The smallest absolute Gasteiger partial charge is 0.142 e. The molecule has 4 heteroatoms. The fraction of sp³-hybridized carbons (Fsp3) is 0.0909. The van der Waals surface area contributed by atoms with Crippen LogP contribution in [0.4, 0.5) is 4.39 Å². The summed E-state index contributed by atoms with van der Waals surface area (Å²) in [5.41, 5.74) is 1.31. The number of benzene rings is 1. The maximum atomic E-state index is 13.4. The van der Waals surface area contributed by atoms with Crippen LogP contribution < -0.4 is 0 Å². The zero-order chi connectivity index (χ0) is 10.8. The highest BCUT2D eigenvalue weighted by atomic mass is 32.1. The number of hydrogen-bond donors (Lipinski definition) is 1. The minimum Gasteiger partial charge on any atom is -0.343 e. The summed E-state index contributed by atoms with van der Waals surface area (Å²) in [7, 11) is 0. The van der Waals surface area contributed by atoms with Crippen LogP contribution in [0.15, 0.2) is 30.3 Å². The summed E-state index contributed by atoms with van der Waals surface area (Å²) in [6.45, 7) is 1.86. The van der Waals surface area contributed by atoms with Crippen LogP contribution in [0.1, 0.15) is 5.69 Å². The highest BCUT2D eigenvalue weighted by molar-refractivity contribution is 7.71. The Bertz CT molecular complexity index is 548. The first-order valence-corrected chi connectivity index (χ1v) is 4.90. The largest absolute Gasteiger partial charge is 0.343 e. The van der Waals surface area contributed by atoms with E-state index in [4.69, 9.17) is 12.2 Å². The van der Waals surface area contributed by atoms with Crippen LogP contribution in [0, 0.1) is 17.4 Å². The second-order valence-electron chi connectivity index (χ2n) is 3.23. The van der Waals surface area contributed by atoms with Crippen molar-refractivity contribution in [2.75, 3.05) is 0 Å². The summed E-state index contributed by atoms with van der Waals surface area (Å²) >= 11 is 4.98. The molecule has 76 valence electrons. The van der Waals surface area contributed by atoms with E-state index in [-0.39, 0.29) is 5.82 Å². The van der Waals surface area contributed by atoms with Crippen LogP contribution in [0.2, 0.25) is 0 Å². The molecule has 0 aliphatic rings. The molecule has 0 saturated carbocycles. The van der Waals surface area contributed by atoms with E-state index in [1.807, 2.05) is 6.92 Å². The van der Waals surface area contributed by atoms with Gasteiger partial charge in [0.1, 0.15) is 16.3 Å². The van der Waals surface area contributed by atoms with Crippen molar-refractivity contribution < 1.29 is 4.39 Å². The topological polar surface area (TPSA) is 28.7 Å². The lowest BCUT2D eigenvalue weighted by Gasteiger charge is -2.03. The first-order valence-electron chi connectivity index (χ1n) is 4.50. The molecule has 2 nitrogen and oxygen atoms in total. The van der Waals surface area contributed by atoms with E-state index in [1.165, 1.54) is 6.07 Å². The highest BCUT2D eigenvalue weighted by Gasteiger charge is 2.05. The maximum absolute atomic E-state index is 13.4. The Labute approximate surface area is 91.8 Å². The van der Waals surface area contributed by atoms with Crippen molar-refractivity contribution in [3.8, 4) is 11.4 Å². The number of aromatic nitrogens is 2. The summed E-state index contributed by atoms with van der Waals surface area (Å²) in [5.74, 6) is 0.166. The predicted molar refractivity (Wildman–Crippen MR) is 59.6 cm³/mol. The Morgan fingerprint density at radius 1 is 1.33 bits per heavy atom. The molecular formula is C11H9FN2S. The maximum Gasteiger partial charge on any atom is 0.142 e. The lowest BCUT2D eigenvalue weighted by atomic mass is 10.2. The molecule has 0 aliphatic carbocycles. The normalized spacial score (nSPS) is 10.3. The SMILES string of the molecule is Cc1cc(=S)nc(-c2ccccc2F)[nH]1. The van der Waals surface area contributed by atoms with Gasteiger partial charge in [-0.25, -0.2) is 9.37 Å². The lowest BCUT2D eigenvalue weighted by molar-refractivity contribution is 0.630. The van der Waals surface area contributed by atoms with Crippen molar-refractivity contribution in [3.63, 3.8) is 0 Å². The molecular weight excluding hydrogens is 211 g/mol. The summed E-state index contributed by atoms with van der Waals surface area (Å²) < 4.78 is 13.9. The van der Waals surface area contributed by atoms with Gasteiger partial charge in [-0.05, 0) is 25.1 Å². The van der Waals surface area contributed by atoms with Gasteiger partial charge in [-0.2, -0.15) is 0 Å². The van der Waals surface area contributed by atoms with Gasteiger partial charge < -0.3 is 4.98 Å². The number of aromatic amines is 1. The fourth-order valence-electron chi connectivity index (χ4n) is 1.36. The van der Waals surface area contributed by atoms with Crippen molar-refractivity contribution in [3.05, 3.63) is 46.5 Å². The van der Waals surface area contributed by atoms with Crippen molar-refractivity contribution in [1.82, 2.24) is 9.97 Å².